The van der Waals surface area contributed by atoms with Gasteiger partial charge >= 0.3 is 26.2 Å². The van der Waals surface area contributed by atoms with Gasteiger partial charge in [-0.2, -0.15) is 35.9 Å². The van der Waals surface area contributed by atoms with Gasteiger partial charge in [-0.05, 0) is 6.42 Å². The van der Waals surface area contributed by atoms with Crippen molar-refractivity contribution in [3.05, 3.63) is 83.5 Å². The normalized spacial score (nSPS) is 12.3. The van der Waals surface area contributed by atoms with E-state index in [4.69, 9.17) is 0 Å². The number of hydrogen-bond donors (Lipinski definition) is 0. The van der Waals surface area contributed by atoms with E-state index >= 15 is 0 Å². The van der Waals surface area contributed by atoms with Gasteiger partial charge in [-0.15, -0.1) is 12.0 Å². The van der Waals surface area contributed by atoms with E-state index < -0.39 is 0 Å². The third-order valence-corrected chi connectivity index (χ3v) is 3.48. The molecule has 0 nitrogen and oxygen atoms in total. The average molecular weight is 406 g/mol. The van der Waals surface area contributed by atoms with E-state index in [9.17, 15) is 0 Å². The second-order valence-electron chi connectivity index (χ2n) is 4.86. The zero-order chi connectivity index (χ0) is 13.1. The molecular weight excluding hydrogens is 390 g/mol. The fourth-order valence-electron chi connectivity index (χ4n) is 2.51. The smallest absolute Gasteiger partial charge is 1.00 e. The molecule has 2 aliphatic rings. The van der Waals surface area contributed by atoms with Crippen molar-refractivity contribution in [3.8, 4) is 11.1 Å². The summed E-state index contributed by atoms with van der Waals surface area (Å²) in [5.74, 6) is 0. The SMILES string of the molecule is CC1=[C-]CC=C1.[Cl-].[Cl-].[Zr+4].[c-]1cccc2c1Cc1ccccc1-2. The Morgan fingerprint density at radius 1 is 0.955 bits per heavy atom. The molecule has 3 heteroatoms. The second kappa shape index (κ2) is 10.2. The van der Waals surface area contributed by atoms with E-state index in [0.717, 1.165) is 12.8 Å². The van der Waals surface area contributed by atoms with Crippen LogP contribution in [-0.2, 0) is 32.6 Å². The predicted octanol–water partition coefficient (Wildman–Crippen LogP) is -1.24. The van der Waals surface area contributed by atoms with Gasteiger partial charge in [0, 0.05) is 0 Å². The molecular formula is C19H16Cl2Zr. The number of hydrogen-bond acceptors (Lipinski definition) is 0. The minimum absolute atomic E-state index is 0. The average Bonchev–Trinajstić information content (AvgIpc) is 3.06. The topological polar surface area (TPSA) is 0 Å². The van der Waals surface area contributed by atoms with Crippen LogP contribution in [0.25, 0.3) is 11.1 Å². The minimum atomic E-state index is 0. The van der Waals surface area contributed by atoms with Crippen molar-refractivity contribution in [2.45, 2.75) is 19.8 Å². The van der Waals surface area contributed by atoms with Crippen LogP contribution in [0.3, 0.4) is 0 Å². The molecule has 0 amide bonds. The van der Waals surface area contributed by atoms with Crippen molar-refractivity contribution in [1.82, 2.24) is 0 Å². The van der Waals surface area contributed by atoms with E-state index in [1.54, 1.807) is 0 Å². The Bertz CT molecular complexity index is 614. The van der Waals surface area contributed by atoms with Crippen LogP contribution in [0.2, 0.25) is 0 Å². The molecule has 0 heterocycles. The van der Waals surface area contributed by atoms with E-state index in [-0.39, 0.29) is 51.0 Å². The zero-order valence-corrected chi connectivity index (χ0v) is 16.3. The van der Waals surface area contributed by atoms with Gasteiger partial charge in [0.2, 0.25) is 0 Å². The van der Waals surface area contributed by atoms with Crippen LogP contribution in [0.15, 0.2) is 60.2 Å². The molecule has 0 fully saturated rings. The minimum Gasteiger partial charge on any atom is -1.00 e. The van der Waals surface area contributed by atoms with Crippen molar-refractivity contribution in [1.29, 1.82) is 0 Å². The van der Waals surface area contributed by atoms with Crippen LogP contribution in [0, 0.1) is 12.1 Å². The third kappa shape index (κ3) is 4.95. The first kappa shape index (κ1) is 21.4. The largest absolute Gasteiger partial charge is 4.00 e. The molecule has 2 aromatic rings. The Balaban J connectivity index is 0.000000429. The molecule has 0 spiro atoms. The Morgan fingerprint density at radius 3 is 2.32 bits per heavy atom. The monoisotopic (exact) mass is 404 g/mol. The molecule has 4 rings (SSSR count). The summed E-state index contributed by atoms with van der Waals surface area (Å²) in [6, 6.07) is 18.1. The quantitative estimate of drug-likeness (QED) is 0.410. The number of fused-ring (bicyclic) bond motifs is 3. The van der Waals surface area contributed by atoms with Gasteiger partial charge in [-0.25, -0.2) is 11.6 Å². The summed E-state index contributed by atoms with van der Waals surface area (Å²) >= 11 is 0. The second-order valence-corrected chi connectivity index (χ2v) is 4.86. The van der Waals surface area contributed by atoms with Crippen molar-refractivity contribution in [2.24, 2.45) is 0 Å². The summed E-state index contributed by atoms with van der Waals surface area (Å²) in [5, 5.41) is 0. The summed E-state index contributed by atoms with van der Waals surface area (Å²) in [7, 11) is 0. The number of rotatable bonds is 0. The van der Waals surface area contributed by atoms with Crippen molar-refractivity contribution in [3.63, 3.8) is 0 Å². The first-order valence-corrected chi connectivity index (χ1v) is 6.66. The van der Waals surface area contributed by atoms with Gasteiger partial charge in [-0.3, -0.25) is 6.08 Å². The predicted molar refractivity (Wildman–Crippen MR) is 79.7 cm³/mol. The molecule has 2 aliphatic carbocycles. The maximum Gasteiger partial charge on any atom is 4.00 e. The van der Waals surface area contributed by atoms with Gasteiger partial charge < -0.3 is 24.8 Å². The van der Waals surface area contributed by atoms with E-state index in [1.165, 1.54) is 27.8 Å². The van der Waals surface area contributed by atoms with E-state index in [1.807, 2.05) is 6.07 Å². The van der Waals surface area contributed by atoms with Crippen LogP contribution >= 0.6 is 0 Å². The van der Waals surface area contributed by atoms with Crippen molar-refractivity contribution in [2.75, 3.05) is 0 Å². The Labute approximate surface area is 164 Å². The fraction of sp³-hybridized carbons (Fsp3) is 0.158. The van der Waals surface area contributed by atoms with Gasteiger partial charge in [0.15, 0.2) is 0 Å². The van der Waals surface area contributed by atoms with Crippen molar-refractivity contribution >= 4 is 0 Å². The summed E-state index contributed by atoms with van der Waals surface area (Å²) in [6.07, 6.45) is 9.38. The van der Waals surface area contributed by atoms with Crippen molar-refractivity contribution < 1.29 is 51.0 Å². The fourth-order valence-corrected chi connectivity index (χ4v) is 2.51. The molecule has 2 aromatic carbocycles. The first-order valence-electron chi connectivity index (χ1n) is 6.66. The molecule has 0 N–H and O–H groups in total. The molecule has 0 aliphatic heterocycles. The first-order chi connectivity index (χ1) is 9.34. The van der Waals surface area contributed by atoms with Crippen LogP contribution in [-0.4, -0.2) is 0 Å². The van der Waals surface area contributed by atoms with Gasteiger partial charge in [0.05, 0.1) is 0 Å². The Kier molecular flexibility index (Phi) is 9.93. The molecule has 0 saturated carbocycles. The molecule has 22 heavy (non-hydrogen) atoms. The molecule has 0 radical (unpaired) electrons. The third-order valence-electron chi connectivity index (χ3n) is 3.48. The standard InChI is InChI=1S/C13H9.C6H7.2ClH.Zr/c1-3-7-12-10(5-1)9-11-6-2-4-8-13(11)12;1-6-4-2-3-5-6;;;/h1-5,7-8H,9H2;2,4H,3H2,1H3;2*1H;/q2*-1;;;+4/p-2. The molecule has 0 atom stereocenters. The van der Waals surface area contributed by atoms with Gasteiger partial charge in [0.1, 0.15) is 0 Å². The Morgan fingerprint density at radius 2 is 1.68 bits per heavy atom. The number of allylic oxidation sites excluding steroid dienone is 4. The molecule has 110 valence electrons. The van der Waals surface area contributed by atoms with Crippen LogP contribution in [0.1, 0.15) is 24.5 Å². The van der Waals surface area contributed by atoms with E-state index in [0.29, 0.717) is 0 Å². The Hall–Kier alpha value is -0.617. The maximum absolute atomic E-state index is 3.30. The molecule has 0 bridgehead atoms. The summed E-state index contributed by atoms with van der Waals surface area (Å²) < 4.78 is 0. The molecule has 0 aromatic heterocycles. The van der Waals surface area contributed by atoms with Gasteiger partial charge in [-0.1, -0.05) is 42.3 Å². The molecule has 0 unspecified atom stereocenters. The van der Waals surface area contributed by atoms with E-state index in [2.05, 4.69) is 67.6 Å². The summed E-state index contributed by atoms with van der Waals surface area (Å²) in [4.78, 5) is 0. The van der Waals surface area contributed by atoms with Crippen LogP contribution in [0.4, 0.5) is 0 Å². The molecule has 0 saturated heterocycles. The zero-order valence-electron chi connectivity index (χ0n) is 12.4. The van der Waals surface area contributed by atoms with Crippen LogP contribution in [0.5, 0.6) is 0 Å². The maximum atomic E-state index is 3.30. The van der Waals surface area contributed by atoms with Gasteiger partial charge in [0.25, 0.3) is 0 Å². The summed E-state index contributed by atoms with van der Waals surface area (Å²) in [6.45, 7) is 2.06. The number of halogens is 2. The summed E-state index contributed by atoms with van der Waals surface area (Å²) in [5.41, 5.74) is 6.78. The number of benzene rings is 2. The van der Waals surface area contributed by atoms with Crippen LogP contribution < -0.4 is 24.8 Å².